The van der Waals surface area contributed by atoms with Gasteiger partial charge in [0.2, 0.25) is 5.55 Å². The maximum Gasteiger partial charge on any atom is 0.228 e. The summed E-state index contributed by atoms with van der Waals surface area (Å²) in [5.41, 5.74) is 6.40. The Morgan fingerprint density at radius 1 is 0.903 bits per heavy atom. The Morgan fingerprint density at radius 3 is 2.19 bits per heavy atom. The number of fused-ring (bicyclic) bond motifs is 1. The number of hydrogen-bond donors (Lipinski definition) is 0. The fourth-order valence-corrected chi connectivity index (χ4v) is 4.32. The summed E-state index contributed by atoms with van der Waals surface area (Å²) in [6, 6.07) is 14.4. The van der Waals surface area contributed by atoms with Crippen LogP contribution in [0.3, 0.4) is 0 Å². The number of rotatable bonds is 6. The van der Waals surface area contributed by atoms with Gasteiger partial charge in [0.1, 0.15) is 10.9 Å². The van der Waals surface area contributed by atoms with Crippen LogP contribution in [-0.2, 0) is 0 Å². The zero-order chi connectivity index (χ0) is 22.1. The lowest BCUT2D eigenvalue weighted by Gasteiger charge is -2.30. The number of halogens is 1. The smallest absolute Gasteiger partial charge is 0.228 e. The van der Waals surface area contributed by atoms with E-state index in [0.29, 0.717) is 16.5 Å². The molecule has 2 heterocycles. The first kappa shape index (κ1) is 20.7. The molecule has 4 heteroatoms. The summed E-state index contributed by atoms with van der Waals surface area (Å²) in [5, 5.41) is 1.28. The molecule has 4 rings (SSSR count). The van der Waals surface area contributed by atoms with E-state index in [4.69, 9.17) is 21.0 Å². The van der Waals surface area contributed by atoms with Crippen LogP contribution in [0, 0.1) is 0 Å². The molecular weight excluding hydrogens is 404 g/mol. The van der Waals surface area contributed by atoms with Crippen LogP contribution < -0.4 is 10.8 Å². The number of hydrogen-bond acceptors (Lipinski definition) is 3. The van der Waals surface area contributed by atoms with Gasteiger partial charge < -0.3 is 9.32 Å². The molecule has 3 aromatic rings. The second-order valence-electron chi connectivity index (χ2n) is 7.18. The molecule has 1 aliphatic heterocycles. The van der Waals surface area contributed by atoms with Crippen molar-refractivity contribution in [2.45, 2.75) is 6.17 Å². The van der Waals surface area contributed by atoms with Crippen LogP contribution in [-0.4, -0.2) is 11.9 Å². The van der Waals surface area contributed by atoms with Crippen LogP contribution in [0.15, 0.2) is 78.2 Å². The van der Waals surface area contributed by atoms with E-state index < -0.39 is 0 Å². The van der Waals surface area contributed by atoms with Crippen LogP contribution in [0.2, 0.25) is 0 Å². The predicted molar refractivity (Wildman–Crippen MR) is 131 cm³/mol. The van der Waals surface area contributed by atoms with Gasteiger partial charge in [-0.05, 0) is 28.3 Å². The first-order chi connectivity index (χ1) is 15.0. The van der Waals surface area contributed by atoms with Crippen molar-refractivity contribution in [1.29, 1.82) is 0 Å². The topological polar surface area (TPSA) is 28.7 Å². The van der Waals surface area contributed by atoms with Crippen molar-refractivity contribution in [3.63, 3.8) is 0 Å². The fourth-order valence-electron chi connectivity index (χ4n) is 4.05. The fraction of sp³-hybridized carbons (Fsp3) is 0.0741. The highest BCUT2D eigenvalue weighted by molar-refractivity contribution is 6.44. The Labute approximate surface area is 187 Å². The molecule has 0 bridgehead atoms. The lowest BCUT2D eigenvalue weighted by Crippen LogP contribution is -2.38. The molecule has 1 unspecified atom stereocenters. The molecule has 0 N–H and O–H groups in total. The monoisotopic (exact) mass is 426 g/mol. The van der Waals surface area contributed by atoms with Gasteiger partial charge in [-0.15, -0.1) is 0 Å². The third-order valence-corrected chi connectivity index (χ3v) is 6.01. The van der Waals surface area contributed by atoms with Crippen LogP contribution in [0.25, 0.3) is 40.6 Å². The summed E-state index contributed by atoms with van der Waals surface area (Å²) in [5.74, 6) is 0.603. The Morgan fingerprint density at radius 2 is 1.58 bits per heavy atom. The van der Waals surface area contributed by atoms with Gasteiger partial charge in [0.25, 0.3) is 0 Å². The second-order valence-corrected chi connectivity index (χ2v) is 7.53. The third-order valence-electron chi connectivity index (χ3n) is 5.56. The van der Waals surface area contributed by atoms with Crippen molar-refractivity contribution in [3.05, 3.63) is 108 Å². The quantitative estimate of drug-likeness (QED) is 0.446. The summed E-state index contributed by atoms with van der Waals surface area (Å²) in [7, 11) is 1.92. The number of furan rings is 1. The van der Waals surface area contributed by atoms with Crippen LogP contribution in [0.1, 0.15) is 34.2 Å². The first-order valence-electron chi connectivity index (χ1n) is 9.91. The Hall–Kier alpha value is -3.56. The minimum Gasteiger partial charge on any atom is -0.438 e. The molecule has 2 aromatic carbocycles. The molecule has 0 saturated carbocycles. The maximum absolute atomic E-state index is 6.79. The maximum atomic E-state index is 6.79. The largest absolute Gasteiger partial charge is 0.438 e. The zero-order valence-corrected chi connectivity index (χ0v) is 18.2. The molecule has 0 fully saturated rings. The molecule has 154 valence electrons. The lowest BCUT2D eigenvalue weighted by molar-refractivity contribution is 0.337. The summed E-state index contributed by atoms with van der Waals surface area (Å²) >= 11 is 6.79. The van der Waals surface area contributed by atoms with Gasteiger partial charge in [-0.1, -0.05) is 98.6 Å². The molecule has 31 heavy (non-hydrogen) atoms. The van der Waals surface area contributed by atoms with Crippen molar-refractivity contribution in [3.8, 4) is 11.1 Å². The molecule has 3 nitrogen and oxygen atoms in total. The van der Waals surface area contributed by atoms with Crippen molar-refractivity contribution in [2.75, 3.05) is 7.05 Å². The summed E-state index contributed by atoms with van der Waals surface area (Å²) in [6.45, 7) is 15.8. The highest BCUT2D eigenvalue weighted by Gasteiger charge is 2.28. The van der Waals surface area contributed by atoms with E-state index >= 15 is 0 Å². The average molecular weight is 427 g/mol. The zero-order valence-electron chi connectivity index (χ0n) is 17.4. The normalized spacial score (nSPS) is 15.1. The average Bonchev–Trinajstić information content (AvgIpc) is 3.18. The van der Waals surface area contributed by atoms with Gasteiger partial charge >= 0.3 is 0 Å². The Kier molecular flexibility index (Phi) is 5.53. The van der Waals surface area contributed by atoms with Crippen molar-refractivity contribution < 1.29 is 4.42 Å². The first-order valence-corrected chi connectivity index (χ1v) is 10.3. The van der Waals surface area contributed by atoms with Crippen molar-refractivity contribution in [2.24, 2.45) is 4.99 Å². The van der Waals surface area contributed by atoms with E-state index in [2.05, 4.69) is 50.6 Å². The molecule has 0 aliphatic carbocycles. The van der Waals surface area contributed by atoms with Gasteiger partial charge in [-0.25, -0.2) is 4.99 Å². The van der Waals surface area contributed by atoms with E-state index in [-0.39, 0.29) is 6.17 Å². The molecule has 0 radical (unpaired) electrons. The molecule has 1 atom stereocenters. The summed E-state index contributed by atoms with van der Waals surface area (Å²) in [6.07, 6.45) is 6.69. The Balaban J connectivity index is 1.96. The lowest BCUT2D eigenvalue weighted by atomic mass is 9.90. The number of benzene rings is 2. The highest BCUT2D eigenvalue weighted by atomic mass is 35.5. The van der Waals surface area contributed by atoms with E-state index in [1.807, 2.05) is 42.3 Å². The third kappa shape index (κ3) is 3.28. The van der Waals surface area contributed by atoms with E-state index in [0.717, 1.165) is 38.6 Å². The van der Waals surface area contributed by atoms with Gasteiger partial charge in [0, 0.05) is 18.2 Å². The van der Waals surface area contributed by atoms with Gasteiger partial charge in [-0.2, -0.15) is 0 Å². The SMILES string of the molecule is C=Cc1oc2c(c1C=C)=C(Cl)N(C)C(c1ccc(-c3ccccc3)c(C=C)c1C=C)N=2. The molecule has 0 saturated heterocycles. The molecular formula is C27H23ClN2O. The minimum absolute atomic E-state index is 0.377. The van der Waals surface area contributed by atoms with E-state index in [1.165, 1.54) is 0 Å². The van der Waals surface area contributed by atoms with Crippen molar-refractivity contribution >= 4 is 41.1 Å². The predicted octanol–water partition coefficient (Wildman–Crippen LogP) is 6.09. The molecule has 1 aromatic heterocycles. The van der Waals surface area contributed by atoms with E-state index in [9.17, 15) is 0 Å². The van der Waals surface area contributed by atoms with Gasteiger partial charge in [0.15, 0.2) is 6.17 Å². The molecule has 0 amide bonds. The summed E-state index contributed by atoms with van der Waals surface area (Å²) in [4.78, 5) is 6.81. The van der Waals surface area contributed by atoms with Gasteiger partial charge in [-0.3, -0.25) is 0 Å². The standard InChI is InChI=1S/C27H23ClN2O/c1-6-18-19(7-2)22(16-15-21(18)17-13-11-10-12-14-17)26-29-27-24(25(28)30(26)5)20(8-3)23(9-4)31-27/h6-16,26H,1-4H2,5H3. The van der Waals surface area contributed by atoms with Crippen molar-refractivity contribution in [1.82, 2.24) is 4.90 Å². The Bertz CT molecular complexity index is 1330. The second kappa shape index (κ2) is 8.29. The number of nitrogens with zero attached hydrogens (tertiary/aromatic N) is 2. The summed E-state index contributed by atoms with van der Waals surface area (Å²) < 4.78 is 5.94. The van der Waals surface area contributed by atoms with Crippen LogP contribution in [0.4, 0.5) is 0 Å². The molecule has 1 aliphatic rings. The van der Waals surface area contributed by atoms with E-state index in [1.54, 1.807) is 12.2 Å². The van der Waals surface area contributed by atoms with Crippen LogP contribution in [0.5, 0.6) is 0 Å². The minimum atomic E-state index is -0.377. The van der Waals surface area contributed by atoms with Gasteiger partial charge in [0.05, 0.1) is 5.22 Å². The highest BCUT2D eigenvalue weighted by Crippen LogP contribution is 2.37. The molecule has 0 spiro atoms. The van der Waals surface area contributed by atoms with Crippen LogP contribution >= 0.6 is 11.6 Å².